The first-order valence-electron chi connectivity index (χ1n) is 5.46. The number of nitrogens with two attached hydrogens (primary N) is 1. The van der Waals surface area contributed by atoms with Crippen LogP contribution in [0.4, 0.5) is 8.78 Å². The molecular formula is C12H15F2NO3. The van der Waals surface area contributed by atoms with Gasteiger partial charge in [-0.05, 0) is 12.8 Å². The quantitative estimate of drug-likeness (QED) is 0.821. The first kappa shape index (κ1) is 14.4. The fourth-order valence-corrected chi connectivity index (χ4v) is 1.65. The van der Waals surface area contributed by atoms with Crippen LogP contribution in [0.15, 0.2) is 12.1 Å². The van der Waals surface area contributed by atoms with Gasteiger partial charge in [0.2, 0.25) is 0 Å². The summed E-state index contributed by atoms with van der Waals surface area (Å²) in [7, 11) is 1.31. The zero-order valence-corrected chi connectivity index (χ0v) is 9.95. The van der Waals surface area contributed by atoms with Crippen molar-refractivity contribution in [3.63, 3.8) is 0 Å². The number of carboxylic acids is 1. The number of rotatable bonds is 6. The summed E-state index contributed by atoms with van der Waals surface area (Å²) in [5, 5.41) is 8.47. The molecule has 1 rings (SSSR count). The Morgan fingerprint density at radius 2 is 2.00 bits per heavy atom. The molecule has 0 aromatic heterocycles. The SMILES string of the molecule is COc1cc(F)c(C(N)CCCC(=O)O)c(F)c1. The van der Waals surface area contributed by atoms with Crippen LogP contribution in [-0.4, -0.2) is 18.2 Å². The molecule has 0 aliphatic rings. The molecule has 0 saturated carbocycles. The first-order chi connectivity index (χ1) is 8.45. The predicted molar refractivity (Wildman–Crippen MR) is 61.3 cm³/mol. The van der Waals surface area contributed by atoms with Crippen molar-refractivity contribution in [1.82, 2.24) is 0 Å². The molecule has 6 heteroatoms. The normalized spacial score (nSPS) is 12.2. The van der Waals surface area contributed by atoms with Gasteiger partial charge >= 0.3 is 5.97 Å². The summed E-state index contributed by atoms with van der Waals surface area (Å²) in [5.41, 5.74) is 5.43. The van der Waals surface area contributed by atoms with Crippen LogP contribution in [0.25, 0.3) is 0 Å². The summed E-state index contributed by atoms with van der Waals surface area (Å²) >= 11 is 0. The van der Waals surface area contributed by atoms with Gasteiger partial charge in [0.05, 0.1) is 7.11 Å². The lowest BCUT2D eigenvalue weighted by Gasteiger charge is -2.14. The Bertz CT molecular complexity index is 414. The number of benzene rings is 1. The number of ether oxygens (including phenoxy) is 1. The number of carbonyl (C=O) groups is 1. The van der Waals surface area contributed by atoms with Gasteiger partial charge in [0, 0.05) is 30.2 Å². The highest BCUT2D eigenvalue weighted by Crippen LogP contribution is 2.27. The van der Waals surface area contributed by atoms with Crippen molar-refractivity contribution in [2.75, 3.05) is 7.11 Å². The predicted octanol–water partition coefficient (Wildman–Crippen LogP) is 2.23. The fourth-order valence-electron chi connectivity index (χ4n) is 1.65. The number of hydrogen-bond donors (Lipinski definition) is 2. The van der Waals surface area contributed by atoms with E-state index < -0.39 is 23.6 Å². The standard InChI is InChI=1S/C12H15F2NO3/c1-18-7-5-8(13)12(9(14)6-7)10(15)3-2-4-11(16)17/h5-6,10H,2-4,15H2,1H3,(H,16,17). The van der Waals surface area contributed by atoms with E-state index in [0.29, 0.717) is 0 Å². The van der Waals surface area contributed by atoms with Crippen molar-refractivity contribution in [1.29, 1.82) is 0 Å². The third-order valence-electron chi connectivity index (χ3n) is 2.56. The monoisotopic (exact) mass is 259 g/mol. The highest BCUT2D eigenvalue weighted by atomic mass is 19.1. The van der Waals surface area contributed by atoms with Crippen LogP contribution >= 0.6 is 0 Å². The van der Waals surface area contributed by atoms with Gasteiger partial charge in [-0.15, -0.1) is 0 Å². The summed E-state index contributed by atoms with van der Waals surface area (Å²) < 4.78 is 32.0. The molecule has 1 aromatic rings. The fraction of sp³-hybridized carbons (Fsp3) is 0.417. The van der Waals surface area contributed by atoms with E-state index in [1.54, 1.807) is 0 Å². The van der Waals surface area contributed by atoms with Crippen LogP contribution in [-0.2, 0) is 4.79 Å². The van der Waals surface area contributed by atoms with Gasteiger partial charge < -0.3 is 15.6 Å². The van der Waals surface area contributed by atoms with E-state index in [4.69, 9.17) is 15.6 Å². The Morgan fingerprint density at radius 3 is 2.44 bits per heavy atom. The third kappa shape index (κ3) is 3.66. The second-order valence-corrected chi connectivity index (χ2v) is 3.90. The Labute approximate surface area is 103 Å². The third-order valence-corrected chi connectivity index (χ3v) is 2.56. The Kier molecular flexibility index (Phi) is 5.03. The summed E-state index contributed by atoms with van der Waals surface area (Å²) in [4.78, 5) is 10.3. The maximum Gasteiger partial charge on any atom is 0.303 e. The van der Waals surface area contributed by atoms with E-state index in [1.807, 2.05) is 0 Å². The van der Waals surface area contributed by atoms with Gasteiger partial charge in [0.1, 0.15) is 17.4 Å². The van der Waals surface area contributed by atoms with E-state index in [0.717, 1.165) is 12.1 Å². The molecule has 1 atom stereocenters. The van der Waals surface area contributed by atoms with Gasteiger partial charge in [-0.25, -0.2) is 8.78 Å². The number of aliphatic carboxylic acids is 1. The van der Waals surface area contributed by atoms with Crippen LogP contribution in [0.3, 0.4) is 0 Å². The maximum absolute atomic E-state index is 13.6. The maximum atomic E-state index is 13.6. The minimum Gasteiger partial charge on any atom is -0.497 e. The van der Waals surface area contributed by atoms with E-state index in [9.17, 15) is 13.6 Å². The first-order valence-corrected chi connectivity index (χ1v) is 5.46. The molecule has 0 aliphatic heterocycles. The molecule has 0 bridgehead atoms. The minimum absolute atomic E-state index is 0.0754. The Hall–Kier alpha value is -1.69. The van der Waals surface area contributed by atoms with Crippen LogP contribution in [0.5, 0.6) is 5.75 Å². The topological polar surface area (TPSA) is 72.5 Å². The van der Waals surface area contributed by atoms with Gasteiger partial charge in [-0.1, -0.05) is 0 Å². The zero-order chi connectivity index (χ0) is 13.7. The number of carboxylic acid groups (broad SMARTS) is 1. The highest BCUT2D eigenvalue weighted by molar-refractivity contribution is 5.66. The summed E-state index contributed by atoms with van der Waals surface area (Å²) in [6.07, 6.45) is 0.390. The molecule has 0 aliphatic carbocycles. The number of halogens is 2. The van der Waals surface area contributed by atoms with Crippen molar-refractivity contribution in [2.24, 2.45) is 5.73 Å². The molecule has 0 amide bonds. The molecule has 4 nitrogen and oxygen atoms in total. The largest absolute Gasteiger partial charge is 0.497 e. The number of hydrogen-bond acceptors (Lipinski definition) is 3. The average molecular weight is 259 g/mol. The Balaban J connectivity index is 2.79. The molecule has 18 heavy (non-hydrogen) atoms. The van der Waals surface area contributed by atoms with Crippen molar-refractivity contribution in [3.05, 3.63) is 29.3 Å². The van der Waals surface area contributed by atoms with Gasteiger partial charge in [0.15, 0.2) is 0 Å². The average Bonchev–Trinajstić information content (AvgIpc) is 2.27. The van der Waals surface area contributed by atoms with Gasteiger partial charge in [-0.2, -0.15) is 0 Å². The van der Waals surface area contributed by atoms with Gasteiger partial charge in [0.25, 0.3) is 0 Å². The molecule has 0 heterocycles. The Morgan fingerprint density at radius 1 is 1.44 bits per heavy atom. The summed E-state index contributed by atoms with van der Waals surface area (Å²) in [6, 6.07) is 1.24. The molecule has 1 unspecified atom stereocenters. The molecule has 1 aromatic carbocycles. The van der Waals surface area contributed by atoms with Crippen LogP contribution in [0, 0.1) is 11.6 Å². The second-order valence-electron chi connectivity index (χ2n) is 3.90. The molecule has 3 N–H and O–H groups in total. The highest BCUT2D eigenvalue weighted by Gasteiger charge is 2.18. The molecule has 0 fully saturated rings. The second kappa shape index (κ2) is 6.30. The lowest BCUT2D eigenvalue weighted by Crippen LogP contribution is -2.15. The molecule has 0 spiro atoms. The minimum atomic E-state index is -0.960. The van der Waals surface area contributed by atoms with E-state index >= 15 is 0 Å². The van der Waals surface area contributed by atoms with Crippen molar-refractivity contribution in [2.45, 2.75) is 25.3 Å². The summed E-state index contributed by atoms with van der Waals surface area (Å²) in [5.74, 6) is -2.45. The zero-order valence-electron chi connectivity index (χ0n) is 9.95. The van der Waals surface area contributed by atoms with E-state index in [-0.39, 0.29) is 30.6 Å². The van der Waals surface area contributed by atoms with Crippen molar-refractivity contribution in [3.8, 4) is 5.75 Å². The van der Waals surface area contributed by atoms with Crippen LogP contribution < -0.4 is 10.5 Å². The molecule has 100 valence electrons. The number of methoxy groups -OCH3 is 1. The van der Waals surface area contributed by atoms with Crippen LogP contribution in [0.1, 0.15) is 30.9 Å². The molecule has 0 radical (unpaired) electrons. The molecular weight excluding hydrogens is 244 g/mol. The lowest BCUT2D eigenvalue weighted by atomic mass is 10.0. The smallest absolute Gasteiger partial charge is 0.303 e. The van der Waals surface area contributed by atoms with Crippen molar-refractivity contribution >= 4 is 5.97 Å². The molecule has 0 saturated heterocycles. The van der Waals surface area contributed by atoms with E-state index in [1.165, 1.54) is 7.11 Å². The van der Waals surface area contributed by atoms with Crippen molar-refractivity contribution < 1.29 is 23.4 Å². The summed E-state index contributed by atoms with van der Waals surface area (Å²) in [6.45, 7) is 0. The lowest BCUT2D eigenvalue weighted by molar-refractivity contribution is -0.137. The van der Waals surface area contributed by atoms with Crippen LogP contribution in [0.2, 0.25) is 0 Å². The van der Waals surface area contributed by atoms with Gasteiger partial charge in [-0.3, -0.25) is 4.79 Å². The van der Waals surface area contributed by atoms with E-state index in [2.05, 4.69) is 0 Å².